The highest BCUT2D eigenvalue weighted by Crippen LogP contribution is 2.29. The number of benzene rings is 1. The van der Waals surface area contributed by atoms with Crippen molar-refractivity contribution in [1.29, 1.82) is 5.26 Å². The minimum absolute atomic E-state index is 0.0891. The lowest BCUT2D eigenvalue weighted by atomic mass is 9.94. The molecule has 1 aromatic carbocycles. The van der Waals surface area contributed by atoms with Gasteiger partial charge < -0.3 is 9.80 Å². The number of thiophene rings is 1. The van der Waals surface area contributed by atoms with Crippen LogP contribution in [0.1, 0.15) is 28.8 Å². The molecule has 6 heteroatoms. The van der Waals surface area contributed by atoms with E-state index in [2.05, 4.69) is 17.5 Å². The van der Waals surface area contributed by atoms with Gasteiger partial charge in [0.25, 0.3) is 0 Å². The topological polar surface area (TPSA) is 47.3 Å². The molecule has 2 aliphatic rings. The van der Waals surface area contributed by atoms with Crippen LogP contribution in [0, 0.1) is 17.1 Å². The average Bonchev–Trinajstić information content (AvgIpc) is 3.18. The molecule has 0 spiro atoms. The van der Waals surface area contributed by atoms with E-state index in [9.17, 15) is 14.4 Å². The molecule has 0 aliphatic carbocycles. The number of carbonyl (C=O) groups excluding carboxylic acids is 1. The van der Waals surface area contributed by atoms with E-state index in [-0.39, 0.29) is 11.8 Å². The van der Waals surface area contributed by atoms with Crippen molar-refractivity contribution in [3.05, 3.63) is 63.1 Å². The van der Waals surface area contributed by atoms with Crippen molar-refractivity contribution in [2.24, 2.45) is 0 Å². The molecule has 0 radical (unpaired) electrons. The molecule has 0 bridgehead atoms. The van der Waals surface area contributed by atoms with E-state index in [4.69, 9.17) is 0 Å². The lowest BCUT2D eigenvalue weighted by Crippen LogP contribution is -2.47. The SMILES string of the molecule is N#CC(=C1CCN(C(=O)N2CCc3sccc3C2)CC1)c1ccc(F)cc1. The standard InChI is InChI=1S/C21H20FN3OS/c22-18-3-1-15(2-4-18)19(13-23)16-5-9-24(10-6-16)21(26)25-11-7-20-17(14-25)8-12-27-20/h1-4,8,12H,5-7,9-11,14H2. The van der Waals surface area contributed by atoms with Crippen molar-refractivity contribution < 1.29 is 9.18 Å². The second-order valence-corrected chi connectivity index (χ2v) is 7.91. The van der Waals surface area contributed by atoms with Crippen LogP contribution in [0.25, 0.3) is 5.57 Å². The third-order valence-corrected chi connectivity index (χ3v) is 6.34. The van der Waals surface area contributed by atoms with Crippen LogP contribution in [0.5, 0.6) is 0 Å². The number of piperidine rings is 1. The predicted octanol–water partition coefficient (Wildman–Crippen LogP) is 4.44. The number of hydrogen-bond donors (Lipinski definition) is 0. The number of fused-ring (bicyclic) bond motifs is 1. The Morgan fingerprint density at radius 2 is 1.74 bits per heavy atom. The summed E-state index contributed by atoms with van der Waals surface area (Å²) in [6.45, 7) is 2.70. The minimum Gasteiger partial charge on any atom is -0.324 e. The molecule has 4 nitrogen and oxygen atoms in total. The molecular formula is C21H20FN3OS. The van der Waals surface area contributed by atoms with Gasteiger partial charge in [-0.2, -0.15) is 5.26 Å². The summed E-state index contributed by atoms with van der Waals surface area (Å²) in [4.78, 5) is 18.1. The van der Waals surface area contributed by atoms with Crippen LogP contribution in [0.3, 0.4) is 0 Å². The van der Waals surface area contributed by atoms with Crippen molar-refractivity contribution in [2.75, 3.05) is 19.6 Å². The first-order chi connectivity index (χ1) is 13.2. The molecule has 2 aromatic rings. The van der Waals surface area contributed by atoms with Crippen LogP contribution in [-0.2, 0) is 13.0 Å². The lowest BCUT2D eigenvalue weighted by molar-refractivity contribution is 0.144. The largest absolute Gasteiger partial charge is 0.324 e. The maximum Gasteiger partial charge on any atom is 0.320 e. The number of likely N-dealkylation sites (tertiary alicyclic amines) is 1. The number of amides is 2. The zero-order valence-corrected chi connectivity index (χ0v) is 15.8. The minimum atomic E-state index is -0.309. The fourth-order valence-electron chi connectivity index (χ4n) is 3.79. The Balaban J connectivity index is 1.43. The summed E-state index contributed by atoms with van der Waals surface area (Å²) < 4.78 is 13.1. The molecule has 4 rings (SSSR count). The second-order valence-electron chi connectivity index (χ2n) is 6.91. The number of urea groups is 1. The third kappa shape index (κ3) is 3.60. The fourth-order valence-corrected chi connectivity index (χ4v) is 4.68. The summed E-state index contributed by atoms with van der Waals surface area (Å²) in [6.07, 6.45) is 2.30. The van der Waals surface area contributed by atoms with Crippen molar-refractivity contribution in [2.45, 2.75) is 25.8 Å². The Morgan fingerprint density at radius 3 is 2.44 bits per heavy atom. The van der Waals surface area contributed by atoms with Gasteiger partial charge in [0.05, 0.1) is 11.6 Å². The summed E-state index contributed by atoms with van der Waals surface area (Å²) in [5.41, 5.74) is 3.67. The number of rotatable bonds is 1. The Bertz CT molecular complexity index is 916. The molecule has 1 aromatic heterocycles. The van der Waals surface area contributed by atoms with E-state index < -0.39 is 0 Å². The van der Waals surface area contributed by atoms with Crippen LogP contribution in [0.2, 0.25) is 0 Å². The first kappa shape index (κ1) is 17.7. The zero-order chi connectivity index (χ0) is 18.8. The Labute approximate surface area is 162 Å². The summed E-state index contributed by atoms with van der Waals surface area (Å²) in [7, 11) is 0. The van der Waals surface area contributed by atoms with E-state index in [0.717, 1.165) is 24.1 Å². The second kappa shape index (κ2) is 7.53. The van der Waals surface area contributed by atoms with Gasteiger partial charge in [-0.15, -0.1) is 11.3 Å². The molecule has 3 heterocycles. The Hall–Kier alpha value is -2.65. The van der Waals surface area contributed by atoms with Gasteiger partial charge in [-0.1, -0.05) is 12.1 Å². The van der Waals surface area contributed by atoms with Gasteiger partial charge in [-0.3, -0.25) is 0 Å². The number of hydrogen-bond acceptors (Lipinski definition) is 3. The van der Waals surface area contributed by atoms with Crippen LogP contribution >= 0.6 is 11.3 Å². The third-order valence-electron chi connectivity index (χ3n) is 5.31. The highest BCUT2D eigenvalue weighted by Gasteiger charge is 2.28. The van der Waals surface area contributed by atoms with Crippen molar-refractivity contribution in [1.82, 2.24) is 9.80 Å². The molecule has 0 N–H and O–H groups in total. The van der Waals surface area contributed by atoms with E-state index in [0.29, 0.717) is 38.0 Å². The van der Waals surface area contributed by atoms with E-state index in [1.54, 1.807) is 23.5 Å². The number of nitrogens with zero attached hydrogens (tertiary/aromatic N) is 3. The van der Waals surface area contributed by atoms with Gasteiger partial charge in [0.1, 0.15) is 5.82 Å². The number of halogens is 1. The van der Waals surface area contributed by atoms with Crippen LogP contribution in [-0.4, -0.2) is 35.5 Å². The molecule has 1 fully saturated rings. The van der Waals surface area contributed by atoms with Gasteiger partial charge in [-0.25, -0.2) is 9.18 Å². The quantitative estimate of drug-likeness (QED) is 0.686. The molecule has 1 saturated heterocycles. The van der Waals surface area contributed by atoms with Crippen LogP contribution in [0.4, 0.5) is 9.18 Å². The van der Waals surface area contributed by atoms with Gasteiger partial charge >= 0.3 is 6.03 Å². The molecule has 138 valence electrons. The maximum atomic E-state index is 13.1. The first-order valence-electron chi connectivity index (χ1n) is 9.13. The number of carbonyl (C=O) groups is 1. The Morgan fingerprint density at radius 1 is 1.04 bits per heavy atom. The molecule has 0 saturated carbocycles. The van der Waals surface area contributed by atoms with Gasteiger partial charge in [0.15, 0.2) is 0 Å². The van der Waals surface area contributed by atoms with E-state index in [1.165, 1.54) is 22.6 Å². The smallest absolute Gasteiger partial charge is 0.320 e. The van der Waals surface area contributed by atoms with Crippen molar-refractivity contribution >= 4 is 22.9 Å². The molecule has 2 aliphatic heterocycles. The van der Waals surface area contributed by atoms with Crippen LogP contribution < -0.4 is 0 Å². The summed E-state index contributed by atoms with van der Waals surface area (Å²) >= 11 is 1.77. The predicted molar refractivity (Wildman–Crippen MR) is 104 cm³/mol. The zero-order valence-electron chi connectivity index (χ0n) is 14.9. The molecule has 27 heavy (non-hydrogen) atoms. The maximum absolute atomic E-state index is 13.1. The van der Waals surface area contributed by atoms with Gasteiger partial charge in [0.2, 0.25) is 0 Å². The fraction of sp³-hybridized carbons (Fsp3) is 0.333. The monoisotopic (exact) mass is 381 g/mol. The number of nitriles is 1. The van der Waals surface area contributed by atoms with Crippen molar-refractivity contribution in [3.63, 3.8) is 0 Å². The summed E-state index contributed by atoms with van der Waals surface area (Å²) in [6, 6.07) is 10.5. The first-order valence-corrected chi connectivity index (χ1v) is 10.0. The van der Waals surface area contributed by atoms with Gasteiger partial charge in [-0.05, 0) is 59.5 Å². The molecular weight excluding hydrogens is 361 g/mol. The highest BCUT2D eigenvalue weighted by molar-refractivity contribution is 7.10. The van der Waals surface area contributed by atoms with E-state index >= 15 is 0 Å². The summed E-state index contributed by atoms with van der Waals surface area (Å²) in [5.74, 6) is -0.309. The van der Waals surface area contributed by atoms with Crippen molar-refractivity contribution in [3.8, 4) is 6.07 Å². The van der Waals surface area contributed by atoms with Gasteiger partial charge in [0, 0.05) is 31.1 Å². The van der Waals surface area contributed by atoms with E-state index in [1.807, 2.05) is 9.80 Å². The van der Waals surface area contributed by atoms with Crippen LogP contribution in [0.15, 0.2) is 41.3 Å². The average molecular weight is 381 g/mol. The molecule has 0 atom stereocenters. The number of allylic oxidation sites excluding steroid dienone is 1. The molecule has 2 amide bonds. The lowest BCUT2D eigenvalue weighted by Gasteiger charge is -2.35. The normalized spacial score (nSPS) is 16.7. The molecule has 0 unspecified atom stereocenters. The Kier molecular flexibility index (Phi) is 4.95. The summed E-state index contributed by atoms with van der Waals surface area (Å²) in [5, 5.41) is 11.7. The highest BCUT2D eigenvalue weighted by atomic mass is 32.1.